The molecule has 142 valence electrons. The number of fused-ring (bicyclic) bond motifs is 5. The molecule has 0 spiro atoms. The van der Waals surface area contributed by atoms with Gasteiger partial charge in [0.1, 0.15) is 11.9 Å². The van der Waals surface area contributed by atoms with Gasteiger partial charge in [0.2, 0.25) is 0 Å². The van der Waals surface area contributed by atoms with Gasteiger partial charge in [-0.05, 0) is 61.9 Å². The quantitative estimate of drug-likeness (QED) is 0.438. The lowest BCUT2D eigenvalue weighted by Crippen LogP contribution is -2.55. The maximum atomic E-state index is 13.4. The lowest BCUT2D eigenvalue weighted by Gasteiger charge is -2.56. The summed E-state index contributed by atoms with van der Waals surface area (Å²) in [4.78, 5) is 24.9. The molecule has 3 saturated carbocycles. The number of Topliss-reactive ketones (excluding diaryl/α,β-unsaturated/α-hetero) is 1. The molecule has 5 nitrogen and oxygen atoms in total. The molecule has 4 aliphatic carbocycles. The minimum absolute atomic E-state index is 0.0527. The van der Waals surface area contributed by atoms with E-state index in [1.165, 1.54) is 12.5 Å². The molecule has 0 amide bonds. The Morgan fingerprint density at radius 3 is 2.73 bits per heavy atom. The molecule has 6 atom stereocenters. The minimum atomic E-state index is -0.240. The molecule has 0 aromatic rings. The zero-order valence-electron chi connectivity index (χ0n) is 16.0. The number of ether oxygens (including phenoxy) is 1. The number of oxime groups is 1. The first-order valence-corrected chi connectivity index (χ1v) is 9.91. The molecule has 0 aromatic heterocycles. The molecule has 4 aliphatic rings. The number of hydrogen-bond acceptors (Lipinski definition) is 5. The van der Waals surface area contributed by atoms with Crippen LogP contribution in [0.1, 0.15) is 65.7 Å². The first kappa shape index (κ1) is 17.7. The molecule has 4 rings (SSSR count). The van der Waals surface area contributed by atoms with Gasteiger partial charge >= 0.3 is 5.97 Å². The van der Waals surface area contributed by atoms with Gasteiger partial charge in [0.15, 0.2) is 0 Å². The van der Waals surface area contributed by atoms with Crippen molar-refractivity contribution in [3.63, 3.8) is 0 Å². The smallest absolute Gasteiger partial charge is 0.302 e. The highest BCUT2D eigenvalue weighted by molar-refractivity contribution is 5.97. The Hall–Kier alpha value is -1.65. The normalized spacial score (nSPS) is 46.2. The summed E-state index contributed by atoms with van der Waals surface area (Å²) < 4.78 is 5.63. The van der Waals surface area contributed by atoms with Crippen molar-refractivity contribution in [1.82, 2.24) is 0 Å². The van der Waals surface area contributed by atoms with Gasteiger partial charge in [0.25, 0.3) is 0 Å². The molecule has 0 heterocycles. The van der Waals surface area contributed by atoms with E-state index in [0.29, 0.717) is 24.0 Å². The third-order valence-corrected chi connectivity index (χ3v) is 8.01. The Kier molecular flexibility index (Phi) is 4.05. The van der Waals surface area contributed by atoms with E-state index in [4.69, 9.17) is 9.94 Å². The summed E-state index contributed by atoms with van der Waals surface area (Å²) in [5.41, 5.74) is 1.69. The number of rotatable bonds is 1. The largest absolute Gasteiger partial charge is 0.462 e. The Morgan fingerprint density at radius 2 is 2.04 bits per heavy atom. The van der Waals surface area contributed by atoms with E-state index in [1.807, 2.05) is 6.08 Å². The van der Waals surface area contributed by atoms with Crippen molar-refractivity contribution in [3.8, 4) is 0 Å². The third kappa shape index (κ3) is 2.39. The first-order valence-electron chi connectivity index (χ1n) is 9.91. The third-order valence-electron chi connectivity index (χ3n) is 8.01. The molecule has 0 aromatic carbocycles. The SMILES string of the molecule is CC(=O)O[C@H]1CC[C@H]2[C@@H]3CCC4=C/C(=N/O)CC[C@]4(C)[C@H]3C(=O)C[C@]12C. The Labute approximate surface area is 154 Å². The molecule has 0 saturated heterocycles. The maximum Gasteiger partial charge on any atom is 0.302 e. The molecule has 26 heavy (non-hydrogen) atoms. The van der Waals surface area contributed by atoms with Crippen LogP contribution in [0.4, 0.5) is 0 Å². The van der Waals surface area contributed by atoms with Gasteiger partial charge in [0.05, 0.1) is 5.71 Å². The summed E-state index contributed by atoms with van der Waals surface area (Å²) >= 11 is 0. The number of allylic oxidation sites excluding steroid dienone is 2. The van der Waals surface area contributed by atoms with Crippen molar-refractivity contribution in [2.24, 2.45) is 33.7 Å². The van der Waals surface area contributed by atoms with Crippen LogP contribution in [0.3, 0.4) is 0 Å². The maximum absolute atomic E-state index is 13.4. The van der Waals surface area contributed by atoms with Crippen molar-refractivity contribution in [2.75, 3.05) is 0 Å². The van der Waals surface area contributed by atoms with E-state index in [1.54, 1.807) is 0 Å². The number of hydrogen-bond donors (Lipinski definition) is 1. The van der Waals surface area contributed by atoms with Crippen molar-refractivity contribution in [2.45, 2.75) is 71.8 Å². The van der Waals surface area contributed by atoms with Gasteiger partial charge in [-0.1, -0.05) is 24.6 Å². The number of ketones is 1. The highest BCUT2D eigenvalue weighted by Gasteiger charge is 2.62. The number of carbonyl (C=O) groups is 2. The minimum Gasteiger partial charge on any atom is -0.462 e. The molecule has 0 radical (unpaired) electrons. The fraction of sp³-hybridized carbons (Fsp3) is 0.762. The van der Waals surface area contributed by atoms with E-state index >= 15 is 0 Å². The molecular formula is C21H29NO4. The molecule has 0 aliphatic heterocycles. The molecule has 1 N–H and O–H groups in total. The fourth-order valence-corrected chi connectivity index (χ4v) is 6.82. The fourth-order valence-electron chi connectivity index (χ4n) is 6.82. The van der Waals surface area contributed by atoms with Crippen LogP contribution < -0.4 is 0 Å². The van der Waals surface area contributed by atoms with Crippen LogP contribution in [0.25, 0.3) is 0 Å². The summed E-state index contributed by atoms with van der Waals surface area (Å²) in [6.45, 7) is 5.87. The van der Waals surface area contributed by atoms with Crippen molar-refractivity contribution in [1.29, 1.82) is 0 Å². The molecule has 3 fully saturated rings. The van der Waals surface area contributed by atoms with Crippen LogP contribution in [-0.2, 0) is 14.3 Å². The highest BCUT2D eigenvalue weighted by atomic mass is 16.5. The van der Waals surface area contributed by atoms with Crippen molar-refractivity contribution >= 4 is 17.5 Å². The van der Waals surface area contributed by atoms with Gasteiger partial charge in [-0.3, -0.25) is 9.59 Å². The molecule has 0 unspecified atom stereocenters. The number of esters is 1. The summed E-state index contributed by atoms with van der Waals surface area (Å²) in [6.07, 6.45) is 7.90. The first-order chi connectivity index (χ1) is 12.3. The van der Waals surface area contributed by atoms with Crippen molar-refractivity contribution in [3.05, 3.63) is 11.6 Å². The number of nitrogens with zero attached hydrogens (tertiary/aromatic N) is 1. The zero-order chi connectivity index (χ0) is 18.7. The summed E-state index contributed by atoms with van der Waals surface area (Å²) in [6, 6.07) is 0. The Morgan fingerprint density at radius 1 is 1.27 bits per heavy atom. The lowest BCUT2D eigenvalue weighted by atomic mass is 9.47. The van der Waals surface area contributed by atoms with Crippen LogP contribution in [0.15, 0.2) is 16.8 Å². The second-order valence-corrected chi connectivity index (χ2v) is 9.29. The average molecular weight is 359 g/mol. The van der Waals surface area contributed by atoms with E-state index in [-0.39, 0.29) is 28.8 Å². The molecular weight excluding hydrogens is 330 g/mol. The van der Waals surface area contributed by atoms with Crippen LogP contribution >= 0.6 is 0 Å². The van der Waals surface area contributed by atoms with Gasteiger partial charge in [0, 0.05) is 24.7 Å². The average Bonchev–Trinajstić information content (AvgIpc) is 2.89. The second kappa shape index (κ2) is 5.93. The van der Waals surface area contributed by atoms with E-state index < -0.39 is 0 Å². The van der Waals surface area contributed by atoms with Crippen LogP contribution in [0.2, 0.25) is 0 Å². The van der Waals surface area contributed by atoms with Gasteiger partial charge in [-0.2, -0.15) is 0 Å². The Bertz CT molecular complexity index is 711. The van der Waals surface area contributed by atoms with Crippen LogP contribution in [0.5, 0.6) is 0 Å². The van der Waals surface area contributed by atoms with Crippen molar-refractivity contribution < 1.29 is 19.5 Å². The monoisotopic (exact) mass is 359 g/mol. The highest BCUT2D eigenvalue weighted by Crippen LogP contribution is 2.64. The summed E-state index contributed by atoms with van der Waals surface area (Å²) in [7, 11) is 0. The van der Waals surface area contributed by atoms with Gasteiger partial charge < -0.3 is 9.94 Å². The lowest BCUT2D eigenvalue weighted by molar-refractivity contribution is -0.163. The molecule has 5 heteroatoms. The predicted molar refractivity (Wildman–Crippen MR) is 96.9 cm³/mol. The van der Waals surface area contributed by atoms with Crippen LogP contribution in [-0.4, -0.2) is 28.8 Å². The van der Waals surface area contributed by atoms with Gasteiger partial charge in [-0.25, -0.2) is 0 Å². The number of carbonyl (C=O) groups excluding carboxylic acids is 2. The predicted octanol–water partition coefficient (Wildman–Crippen LogP) is 3.89. The van der Waals surface area contributed by atoms with Crippen LogP contribution in [0, 0.1) is 28.6 Å². The second-order valence-electron chi connectivity index (χ2n) is 9.29. The zero-order valence-corrected chi connectivity index (χ0v) is 16.0. The Balaban J connectivity index is 1.68. The standard InChI is InChI=1S/C21H29NO4/c1-12(23)26-18-7-6-16-15-5-4-13-10-14(22-25)8-9-20(13,2)19(15)17(24)11-21(16,18)3/h10,15-16,18-19,25H,4-9,11H2,1-3H3/b22-14+/t15-,16-,18-,19+,20-,21-/m0/s1. The summed E-state index contributed by atoms with van der Waals surface area (Å²) in [5, 5.41) is 12.5. The summed E-state index contributed by atoms with van der Waals surface area (Å²) in [5.74, 6) is 0.968. The van der Waals surface area contributed by atoms with E-state index in [2.05, 4.69) is 19.0 Å². The topological polar surface area (TPSA) is 76.0 Å². The van der Waals surface area contributed by atoms with E-state index in [9.17, 15) is 9.59 Å². The van der Waals surface area contributed by atoms with Gasteiger partial charge in [-0.15, -0.1) is 0 Å². The molecule has 0 bridgehead atoms. The van der Waals surface area contributed by atoms with E-state index in [0.717, 1.165) is 44.2 Å².